The highest BCUT2D eigenvalue weighted by molar-refractivity contribution is 14.0. The van der Waals surface area contributed by atoms with Gasteiger partial charge in [-0.15, -0.1) is 24.0 Å². The lowest BCUT2D eigenvalue weighted by Crippen LogP contribution is -2.43. The molecule has 0 unspecified atom stereocenters. The van der Waals surface area contributed by atoms with Gasteiger partial charge in [0, 0.05) is 37.9 Å². The van der Waals surface area contributed by atoms with Crippen molar-refractivity contribution in [3.8, 4) is 11.5 Å². The van der Waals surface area contributed by atoms with Crippen LogP contribution in [0.5, 0.6) is 11.5 Å². The van der Waals surface area contributed by atoms with E-state index in [2.05, 4.69) is 34.4 Å². The van der Waals surface area contributed by atoms with Gasteiger partial charge in [-0.1, -0.05) is 13.8 Å². The molecular formula is C20H35IN4O2. The minimum absolute atomic E-state index is 0. The topological polar surface area (TPSA) is 58.1 Å². The summed E-state index contributed by atoms with van der Waals surface area (Å²) >= 11 is 0. The Morgan fingerprint density at radius 1 is 1.33 bits per heavy atom. The Bertz CT molecular complexity index is 595. The number of methoxy groups -OCH3 is 1. The first-order chi connectivity index (χ1) is 12.6. The van der Waals surface area contributed by atoms with Crippen LogP contribution >= 0.6 is 24.0 Å². The highest BCUT2D eigenvalue weighted by atomic mass is 127. The molecule has 1 aliphatic rings. The fourth-order valence-electron chi connectivity index (χ4n) is 3.39. The molecule has 2 N–H and O–H groups in total. The van der Waals surface area contributed by atoms with E-state index < -0.39 is 0 Å². The van der Waals surface area contributed by atoms with Gasteiger partial charge in [0.2, 0.25) is 0 Å². The number of nitrogens with one attached hydrogen (secondary N) is 2. The molecule has 0 spiro atoms. The van der Waals surface area contributed by atoms with E-state index in [1.54, 1.807) is 14.2 Å². The Kier molecular flexibility index (Phi) is 10.8. The summed E-state index contributed by atoms with van der Waals surface area (Å²) in [5.41, 5.74) is 0.924. The fraction of sp³-hybridized carbons (Fsp3) is 0.650. The Hall–Kier alpha value is -1.22. The van der Waals surface area contributed by atoms with Gasteiger partial charge in [0.15, 0.2) is 17.5 Å². The summed E-state index contributed by atoms with van der Waals surface area (Å²) in [4.78, 5) is 6.94. The van der Waals surface area contributed by atoms with E-state index in [0.29, 0.717) is 18.6 Å². The molecule has 1 aromatic rings. The highest BCUT2D eigenvalue weighted by Gasteiger charge is 2.24. The molecule has 1 aliphatic heterocycles. The first-order valence-electron chi connectivity index (χ1n) is 9.59. The summed E-state index contributed by atoms with van der Waals surface area (Å²) in [6, 6.07) is 6.39. The average Bonchev–Trinajstić information content (AvgIpc) is 3.05. The molecule has 0 amide bonds. The third-order valence-electron chi connectivity index (χ3n) is 4.55. The summed E-state index contributed by atoms with van der Waals surface area (Å²) in [6.07, 6.45) is 2.52. The molecule has 1 fully saturated rings. The molecule has 2 rings (SSSR count). The van der Waals surface area contributed by atoms with Gasteiger partial charge in [-0.3, -0.25) is 9.89 Å². The number of benzene rings is 1. The lowest BCUT2D eigenvalue weighted by molar-refractivity contribution is 0.227. The Labute approximate surface area is 181 Å². The van der Waals surface area contributed by atoms with Crippen LogP contribution < -0.4 is 20.1 Å². The summed E-state index contributed by atoms with van der Waals surface area (Å²) in [6.45, 7) is 10.4. The zero-order valence-electron chi connectivity index (χ0n) is 17.2. The van der Waals surface area contributed by atoms with Crippen molar-refractivity contribution in [2.24, 2.45) is 10.9 Å². The van der Waals surface area contributed by atoms with Crippen molar-refractivity contribution < 1.29 is 9.47 Å². The Balaban J connectivity index is 0.00000364. The predicted molar refractivity (Wildman–Crippen MR) is 124 cm³/mol. The van der Waals surface area contributed by atoms with E-state index >= 15 is 0 Å². The lowest BCUT2D eigenvalue weighted by Gasteiger charge is -2.27. The first-order valence-corrected chi connectivity index (χ1v) is 9.59. The van der Waals surface area contributed by atoms with Gasteiger partial charge < -0.3 is 20.1 Å². The SMILES string of the molecule is CCOc1cc(NC(=NC)NC[C@H]2CCCN2CC(C)C)ccc1OC.I. The van der Waals surface area contributed by atoms with Crippen molar-refractivity contribution in [3.05, 3.63) is 18.2 Å². The van der Waals surface area contributed by atoms with Crippen LogP contribution in [0.1, 0.15) is 33.6 Å². The maximum atomic E-state index is 5.64. The van der Waals surface area contributed by atoms with Crippen LogP contribution in [-0.2, 0) is 0 Å². The van der Waals surface area contributed by atoms with E-state index in [4.69, 9.17) is 9.47 Å². The normalized spacial score (nSPS) is 17.6. The third-order valence-corrected chi connectivity index (χ3v) is 4.55. The molecule has 0 aliphatic carbocycles. The predicted octanol–water partition coefficient (Wildman–Crippen LogP) is 3.82. The molecular weight excluding hydrogens is 455 g/mol. The largest absolute Gasteiger partial charge is 0.493 e. The number of halogens is 1. The molecule has 0 aromatic heterocycles. The molecule has 0 bridgehead atoms. The number of anilines is 1. The summed E-state index contributed by atoms with van der Waals surface area (Å²) in [5.74, 6) is 2.93. The number of hydrogen-bond donors (Lipinski definition) is 2. The van der Waals surface area contributed by atoms with Crippen molar-refractivity contribution in [3.63, 3.8) is 0 Å². The van der Waals surface area contributed by atoms with Gasteiger partial charge in [0.05, 0.1) is 13.7 Å². The quantitative estimate of drug-likeness (QED) is 0.330. The van der Waals surface area contributed by atoms with Gasteiger partial charge in [-0.2, -0.15) is 0 Å². The monoisotopic (exact) mass is 490 g/mol. The third kappa shape index (κ3) is 7.37. The molecule has 0 radical (unpaired) electrons. The maximum absolute atomic E-state index is 5.64. The van der Waals surface area contributed by atoms with E-state index in [9.17, 15) is 0 Å². The zero-order chi connectivity index (χ0) is 18.9. The molecule has 1 saturated heterocycles. The number of hydrogen-bond acceptors (Lipinski definition) is 4. The number of aliphatic imine (C=N–C) groups is 1. The van der Waals surface area contributed by atoms with Crippen LogP contribution in [0, 0.1) is 5.92 Å². The van der Waals surface area contributed by atoms with Crippen molar-refractivity contribution in [1.29, 1.82) is 0 Å². The molecule has 1 atom stereocenters. The Morgan fingerprint density at radius 2 is 2.11 bits per heavy atom. The number of likely N-dealkylation sites (tertiary alicyclic amines) is 1. The average molecular weight is 490 g/mol. The number of nitrogens with zero attached hydrogens (tertiary/aromatic N) is 2. The van der Waals surface area contributed by atoms with E-state index in [1.165, 1.54) is 19.4 Å². The van der Waals surface area contributed by atoms with E-state index in [-0.39, 0.29) is 24.0 Å². The highest BCUT2D eigenvalue weighted by Crippen LogP contribution is 2.30. The summed E-state index contributed by atoms with van der Waals surface area (Å²) < 4.78 is 11.0. The number of rotatable bonds is 8. The van der Waals surface area contributed by atoms with Gasteiger partial charge in [0.1, 0.15) is 0 Å². The van der Waals surface area contributed by atoms with Gasteiger partial charge >= 0.3 is 0 Å². The zero-order valence-corrected chi connectivity index (χ0v) is 19.6. The van der Waals surface area contributed by atoms with Crippen LogP contribution in [0.3, 0.4) is 0 Å². The summed E-state index contributed by atoms with van der Waals surface area (Å²) in [5, 5.41) is 6.81. The fourth-order valence-corrected chi connectivity index (χ4v) is 3.39. The lowest BCUT2D eigenvalue weighted by atomic mass is 10.1. The molecule has 1 aromatic carbocycles. The second-order valence-electron chi connectivity index (χ2n) is 7.06. The molecule has 0 saturated carbocycles. The molecule has 27 heavy (non-hydrogen) atoms. The summed E-state index contributed by atoms with van der Waals surface area (Å²) in [7, 11) is 3.44. The van der Waals surface area contributed by atoms with Crippen LogP contribution in [-0.4, -0.2) is 57.3 Å². The minimum atomic E-state index is 0. The minimum Gasteiger partial charge on any atom is -0.493 e. The standard InChI is InChI=1S/C20H34N4O2.HI/c1-6-26-19-12-16(9-10-18(19)25-5)23-20(21-4)22-13-17-8-7-11-24(17)14-15(2)3;/h9-10,12,15,17H,6-8,11,13-14H2,1-5H3,(H2,21,22,23);1H/t17-;/m1./s1. The van der Waals surface area contributed by atoms with Crippen molar-refractivity contribution in [1.82, 2.24) is 10.2 Å². The van der Waals surface area contributed by atoms with Gasteiger partial charge in [-0.25, -0.2) is 0 Å². The second-order valence-corrected chi connectivity index (χ2v) is 7.06. The van der Waals surface area contributed by atoms with Crippen LogP contribution in [0.4, 0.5) is 5.69 Å². The molecule has 154 valence electrons. The maximum Gasteiger partial charge on any atom is 0.195 e. The van der Waals surface area contributed by atoms with Crippen LogP contribution in [0.25, 0.3) is 0 Å². The van der Waals surface area contributed by atoms with E-state index in [1.807, 2.05) is 25.1 Å². The van der Waals surface area contributed by atoms with Gasteiger partial charge in [0.25, 0.3) is 0 Å². The smallest absolute Gasteiger partial charge is 0.195 e. The van der Waals surface area contributed by atoms with Crippen LogP contribution in [0.2, 0.25) is 0 Å². The number of ether oxygens (including phenoxy) is 2. The van der Waals surface area contributed by atoms with E-state index in [0.717, 1.165) is 36.2 Å². The van der Waals surface area contributed by atoms with Crippen LogP contribution in [0.15, 0.2) is 23.2 Å². The van der Waals surface area contributed by atoms with Crippen molar-refractivity contribution >= 4 is 35.6 Å². The number of guanidine groups is 1. The molecule has 1 heterocycles. The molecule has 7 heteroatoms. The molecule has 6 nitrogen and oxygen atoms in total. The van der Waals surface area contributed by atoms with Crippen molar-refractivity contribution in [2.75, 3.05) is 45.7 Å². The second kappa shape index (κ2) is 12.3. The van der Waals surface area contributed by atoms with Gasteiger partial charge in [-0.05, 0) is 44.4 Å². The van der Waals surface area contributed by atoms with Crippen molar-refractivity contribution in [2.45, 2.75) is 39.7 Å². The first kappa shape index (κ1) is 23.8. The Morgan fingerprint density at radius 3 is 2.74 bits per heavy atom.